The molecule has 2 rings (SSSR count). The van der Waals surface area contributed by atoms with Gasteiger partial charge in [0.2, 0.25) is 0 Å². The zero-order chi connectivity index (χ0) is 13.7. The fraction of sp³-hybridized carbons (Fsp3) is 0.562. The highest BCUT2D eigenvalue weighted by molar-refractivity contribution is 5.42. The van der Waals surface area contributed by atoms with Gasteiger partial charge in [-0.2, -0.15) is 5.26 Å². The Kier molecular flexibility index (Phi) is 4.81. The highest BCUT2D eigenvalue weighted by atomic mass is 16.5. The quantitative estimate of drug-likeness (QED) is 0.832. The molecule has 0 N–H and O–H groups in total. The van der Waals surface area contributed by atoms with Crippen LogP contribution in [0, 0.1) is 17.2 Å². The van der Waals surface area contributed by atoms with Gasteiger partial charge in [0.05, 0.1) is 5.56 Å². The van der Waals surface area contributed by atoms with Gasteiger partial charge in [0, 0.05) is 12.6 Å². The summed E-state index contributed by atoms with van der Waals surface area (Å²) >= 11 is 0. The van der Waals surface area contributed by atoms with Crippen LogP contribution in [0.1, 0.15) is 32.3 Å². The first-order valence-corrected chi connectivity index (χ1v) is 7.08. The molecule has 0 aromatic heterocycles. The summed E-state index contributed by atoms with van der Waals surface area (Å²) < 4.78 is 5.75. The van der Waals surface area contributed by atoms with Crippen molar-refractivity contribution in [3.63, 3.8) is 0 Å². The highest BCUT2D eigenvalue weighted by Crippen LogP contribution is 2.22. The van der Waals surface area contributed by atoms with E-state index in [0.717, 1.165) is 19.0 Å². The van der Waals surface area contributed by atoms with Crippen molar-refractivity contribution < 1.29 is 4.74 Å². The average Bonchev–Trinajstić information content (AvgIpc) is 2.44. The molecule has 3 nitrogen and oxygen atoms in total. The fourth-order valence-corrected chi connectivity index (χ4v) is 2.69. The molecule has 0 saturated carbocycles. The minimum absolute atomic E-state index is 0.613. The van der Waals surface area contributed by atoms with E-state index in [1.165, 1.54) is 12.8 Å². The first-order valence-electron chi connectivity index (χ1n) is 7.08. The second-order valence-corrected chi connectivity index (χ2v) is 5.35. The molecule has 0 amide bonds. The molecule has 1 heterocycles. The molecule has 0 aliphatic carbocycles. The molecule has 1 aliphatic rings. The van der Waals surface area contributed by atoms with Gasteiger partial charge in [-0.25, -0.2) is 0 Å². The van der Waals surface area contributed by atoms with Crippen molar-refractivity contribution in [2.75, 3.05) is 19.7 Å². The number of hydrogen-bond donors (Lipinski definition) is 0. The van der Waals surface area contributed by atoms with Crippen LogP contribution in [0.3, 0.4) is 0 Å². The molecular formula is C16H22N2O. The molecule has 1 aromatic carbocycles. The van der Waals surface area contributed by atoms with Crippen molar-refractivity contribution in [1.29, 1.82) is 5.26 Å². The second kappa shape index (κ2) is 6.58. The van der Waals surface area contributed by atoms with E-state index in [-0.39, 0.29) is 0 Å². The Bertz CT molecular complexity index is 452. The minimum atomic E-state index is 0.613. The van der Waals surface area contributed by atoms with Gasteiger partial charge in [-0.15, -0.1) is 0 Å². The first-order chi connectivity index (χ1) is 9.22. The standard InChI is InChI=1S/C16H22N2O/c1-13-6-5-9-18(14(13)2)10-11-19-16-8-4-3-7-15(16)12-17/h3-4,7-8,13-14H,5-6,9-11H2,1-2H3. The summed E-state index contributed by atoms with van der Waals surface area (Å²) in [4.78, 5) is 2.49. The van der Waals surface area contributed by atoms with Gasteiger partial charge in [0.25, 0.3) is 0 Å². The molecule has 1 aliphatic heterocycles. The van der Waals surface area contributed by atoms with E-state index < -0.39 is 0 Å². The third-order valence-electron chi connectivity index (χ3n) is 4.15. The summed E-state index contributed by atoms with van der Waals surface area (Å²) in [5.74, 6) is 1.46. The smallest absolute Gasteiger partial charge is 0.137 e. The first kappa shape index (κ1) is 13.9. The third-order valence-corrected chi connectivity index (χ3v) is 4.15. The maximum Gasteiger partial charge on any atom is 0.137 e. The Morgan fingerprint density at radius 1 is 1.37 bits per heavy atom. The Balaban J connectivity index is 1.85. The number of rotatable bonds is 4. The third kappa shape index (κ3) is 3.48. The van der Waals surface area contributed by atoms with Gasteiger partial charge in [-0.1, -0.05) is 19.1 Å². The van der Waals surface area contributed by atoms with Crippen LogP contribution in [0.2, 0.25) is 0 Å². The van der Waals surface area contributed by atoms with E-state index in [0.29, 0.717) is 24.0 Å². The van der Waals surface area contributed by atoms with Crippen LogP contribution in [0.5, 0.6) is 5.75 Å². The van der Waals surface area contributed by atoms with Gasteiger partial charge < -0.3 is 4.74 Å². The molecule has 1 aromatic rings. The number of para-hydroxylation sites is 1. The van der Waals surface area contributed by atoms with Crippen LogP contribution in [0.4, 0.5) is 0 Å². The van der Waals surface area contributed by atoms with Crippen molar-refractivity contribution in [3.8, 4) is 11.8 Å². The summed E-state index contributed by atoms with van der Waals surface area (Å²) in [7, 11) is 0. The van der Waals surface area contributed by atoms with Crippen molar-refractivity contribution in [1.82, 2.24) is 4.90 Å². The molecule has 2 atom stereocenters. The number of nitriles is 1. The lowest BCUT2D eigenvalue weighted by Gasteiger charge is -2.37. The molecule has 0 bridgehead atoms. The van der Waals surface area contributed by atoms with Crippen LogP contribution >= 0.6 is 0 Å². The summed E-state index contributed by atoms with van der Waals surface area (Å²) in [6.45, 7) is 7.37. The Labute approximate surface area is 115 Å². The van der Waals surface area contributed by atoms with E-state index in [9.17, 15) is 0 Å². The summed E-state index contributed by atoms with van der Waals surface area (Å²) in [5.41, 5.74) is 0.613. The van der Waals surface area contributed by atoms with Crippen LogP contribution in [0.15, 0.2) is 24.3 Å². The zero-order valence-electron chi connectivity index (χ0n) is 11.8. The lowest BCUT2D eigenvalue weighted by atomic mass is 9.92. The van der Waals surface area contributed by atoms with Crippen molar-refractivity contribution in [3.05, 3.63) is 29.8 Å². The molecule has 102 valence electrons. The highest BCUT2D eigenvalue weighted by Gasteiger charge is 2.24. The van der Waals surface area contributed by atoms with Gasteiger partial charge in [-0.05, 0) is 44.4 Å². The predicted octanol–water partition coefficient (Wildman–Crippen LogP) is 3.06. The zero-order valence-corrected chi connectivity index (χ0v) is 11.8. The Morgan fingerprint density at radius 2 is 2.16 bits per heavy atom. The van der Waals surface area contributed by atoms with Crippen molar-refractivity contribution in [2.24, 2.45) is 5.92 Å². The van der Waals surface area contributed by atoms with Crippen molar-refractivity contribution in [2.45, 2.75) is 32.7 Å². The number of ether oxygens (including phenoxy) is 1. The lowest BCUT2D eigenvalue weighted by molar-refractivity contribution is 0.0957. The molecule has 19 heavy (non-hydrogen) atoms. The fourth-order valence-electron chi connectivity index (χ4n) is 2.69. The minimum Gasteiger partial charge on any atom is -0.491 e. The van der Waals surface area contributed by atoms with Crippen LogP contribution in [-0.2, 0) is 0 Å². The van der Waals surface area contributed by atoms with Gasteiger partial charge in [-0.3, -0.25) is 4.90 Å². The normalized spacial score (nSPS) is 23.8. The lowest BCUT2D eigenvalue weighted by Crippen LogP contribution is -2.44. The maximum atomic E-state index is 9.00. The molecule has 0 spiro atoms. The predicted molar refractivity (Wildman–Crippen MR) is 76.1 cm³/mol. The molecular weight excluding hydrogens is 236 g/mol. The molecule has 2 unspecified atom stereocenters. The van der Waals surface area contributed by atoms with Gasteiger partial charge >= 0.3 is 0 Å². The second-order valence-electron chi connectivity index (χ2n) is 5.35. The molecule has 0 radical (unpaired) electrons. The average molecular weight is 258 g/mol. The van der Waals surface area contributed by atoms with Crippen LogP contribution in [-0.4, -0.2) is 30.6 Å². The van der Waals surface area contributed by atoms with Gasteiger partial charge in [0.1, 0.15) is 18.4 Å². The van der Waals surface area contributed by atoms with E-state index >= 15 is 0 Å². The number of piperidine rings is 1. The van der Waals surface area contributed by atoms with Gasteiger partial charge in [0.15, 0.2) is 0 Å². The van der Waals surface area contributed by atoms with Crippen LogP contribution < -0.4 is 4.74 Å². The van der Waals surface area contributed by atoms with Crippen LogP contribution in [0.25, 0.3) is 0 Å². The van der Waals surface area contributed by atoms with E-state index in [1.54, 1.807) is 6.07 Å². The number of nitrogens with zero attached hydrogens (tertiary/aromatic N) is 2. The number of benzene rings is 1. The number of likely N-dealkylation sites (tertiary alicyclic amines) is 1. The summed E-state index contributed by atoms with van der Waals surface area (Å²) in [6.07, 6.45) is 2.61. The van der Waals surface area contributed by atoms with E-state index in [1.807, 2.05) is 18.2 Å². The maximum absolute atomic E-state index is 9.00. The molecule has 1 fully saturated rings. The Hall–Kier alpha value is -1.53. The molecule has 1 saturated heterocycles. The van der Waals surface area contributed by atoms with E-state index in [4.69, 9.17) is 10.00 Å². The van der Waals surface area contributed by atoms with Crippen molar-refractivity contribution >= 4 is 0 Å². The van der Waals surface area contributed by atoms with E-state index in [2.05, 4.69) is 24.8 Å². The SMILES string of the molecule is CC1CCCN(CCOc2ccccc2C#N)C1C. The summed E-state index contributed by atoms with van der Waals surface area (Å²) in [5, 5.41) is 9.00. The summed E-state index contributed by atoms with van der Waals surface area (Å²) in [6, 6.07) is 10.2. The largest absolute Gasteiger partial charge is 0.491 e. The number of hydrogen-bond acceptors (Lipinski definition) is 3. The Morgan fingerprint density at radius 3 is 2.95 bits per heavy atom. The molecule has 3 heteroatoms. The monoisotopic (exact) mass is 258 g/mol. The topological polar surface area (TPSA) is 36.3 Å².